The Bertz CT molecular complexity index is 741. The van der Waals surface area contributed by atoms with Crippen LogP contribution in [0.15, 0.2) is 21.1 Å². The van der Waals surface area contributed by atoms with Crippen LogP contribution in [0.25, 0.3) is 0 Å². The Morgan fingerprint density at radius 1 is 1.36 bits per heavy atom. The van der Waals surface area contributed by atoms with Gasteiger partial charge in [-0.05, 0) is 24.5 Å². The van der Waals surface area contributed by atoms with Crippen LogP contribution in [-0.4, -0.2) is 28.0 Å². The van der Waals surface area contributed by atoms with Crippen molar-refractivity contribution in [3.63, 3.8) is 0 Å². The lowest BCUT2D eigenvalue weighted by Gasteiger charge is -2.15. The van der Waals surface area contributed by atoms with Crippen LogP contribution in [0.4, 0.5) is 0 Å². The molecule has 2 aromatic rings. The lowest BCUT2D eigenvalue weighted by Crippen LogP contribution is -2.26. The molecule has 0 radical (unpaired) electrons. The second-order valence-electron chi connectivity index (χ2n) is 8.14. The third-order valence-electron chi connectivity index (χ3n) is 4.67. The molecule has 0 spiro atoms. The van der Waals surface area contributed by atoms with Crippen molar-refractivity contribution in [3.8, 4) is 0 Å². The molecule has 1 aliphatic rings. The molecule has 0 N–H and O–H groups in total. The van der Waals surface area contributed by atoms with E-state index in [0.717, 1.165) is 11.5 Å². The quantitative estimate of drug-likeness (QED) is 0.798. The summed E-state index contributed by atoms with van der Waals surface area (Å²) in [6.45, 7) is 8.80. The molecule has 0 saturated heterocycles. The van der Waals surface area contributed by atoms with E-state index >= 15 is 0 Å². The van der Waals surface area contributed by atoms with Gasteiger partial charge in [0.15, 0.2) is 5.82 Å². The van der Waals surface area contributed by atoms with Gasteiger partial charge < -0.3 is 13.8 Å². The standard InChI is InChI=1S/C19H27N3O3/c1-12-10-14(12)15-7-6-13(24-15)11-22(5)17(23)9-8-16-20-18(21-25-16)19(2,3)4/h6-7,12,14H,8-11H2,1-5H3/t12-,14-/m1/s1. The minimum Gasteiger partial charge on any atom is -0.464 e. The van der Waals surface area contributed by atoms with Crippen LogP contribution in [0.1, 0.15) is 69.7 Å². The van der Waals surface area contributed by atoms with E-state index in [4.69, 9.17) is 8.94 Å². The molecule has 1 saturated carbocycles. The molecule has 25 heavy (non-hydrogen) atoms. The molecule has 2 heterocycles. The van der Waals surface area contributed by atoms with Gasteiger partial charge >= 0.3 is 0 Å². The Balaban J connectivity index is 1.49. The van der Waals surface area contributed by atoms with Gasteiger partial charge in [0.2, 0.25) is 11.8 Å². The molecular weight excluding hydrogens is 318 g/mol. The SMILES string of the molecule is C[C@@H]1C[C@H]1c1ccc(CN(C)C(=O)CCc2nc(C(C)(C)C)no2)o1. The second kappa shape index (κ2) is 6.65. The van der Waals surface area contributed by atoms with Crippen molar-refractivity contribution in [3.05, 3.63) is 35.4 Å². The van der Waals surface area contributed by atoms with Gasteiger partial charge in [0.25, 0.3) is 0 Å². The van der Waals surface area contributed by atoms with Crippen LogP contribution >= 0.6 is 0 Å². The lowest BCUT2D eigenvalue weighted by molar-refractivity contribution is -0.130. The number of rotatable bonds is 6. The molecule has 6 heteroatoms. The number of hydrogen-bond acceptors (Lipinski definition) is 5. The molecule has 1 fully saturated rings. The highest BCUT2D eigenvalue weighted by Gasteiger charge is 2.36. The van der Waals surface area contributed by atoms with E-state index in [-0.39, 0.29) is 11.3 Å². The first-order chi connectivity index (χ1) is 11.7. The van der Waals surface area contributed by atoms with Crippen LogP contribution in [0.2, 0.25) is 0 Å². The van der Waals surface area contributed by atoms with Gasteiger partial charge in [0.05, 0.1) is 6.54 Å². The zero-order valence-electron chi connectivity index (χ0n) is 15.7. The summed E-state index contributed by atoms with van der Waals surface area (Å²) in [6.07, 6.45) is 1.99. The van der Waals surface area contributed by atoms with Gasteiger partial charge in [-0.15, -0.1) is 0 Å². The Labute approximate surface area is 148 Å². The average Bonchev–Trinajstić information content (AvgIpc) is 2.95. The monoisotopic (exact) mass is 345 g/mol. The van der Waals surface area contributed by atoms with Gasteiger partial charge in [-0.2, -0.15) is 4.98 Å². The minimum atomic E-state index is -0.154. The van der Waals surface area contributed by atoms with Crippen molar-refractivity contribution in [1.29, 1.82) is 0 Å². The fourth-order valence-electron chi connectivity index (χ4n) is 2.79. The molecule has 2 aromatic heterocycles. The van der Waals surface area contributed by atoms with Crippen molar-refractivity contribution in [2.45, 2.75) is 64.8 Å². The van der Waals surface area contributed by atoms with Crippen molar-refractivity contribution in [1.82, 2.24) is 15.0 Å². The number of aryl methyl sites for hydroxylation is 1. The summed E-state index contributed by atoms with van der Waals surface area (Å²) < 4.78 is 11.1. The van der Waals surface area contributed by atoms with E-state index in [2.05, 4.69) is 17.1 Å². The van der Waals surface area contributed by atoms with Crippen LogP contribution in [-0.2, 0) is 23.2 Å². The maximum Gasteiger partial charge on any atom is 0.227 e. The maximum absolute atomic E-state index is 12.3. The van der Waals surface area contributed by atoms with Crippen molar-refractivity contribution >= 4 is 5.91 Å². The molecule has 0 aromatic carbocycles. The van der Waals surface area contributed by atoms with E-state index in [1.54, 1.807) is 11.9 Å². The number of carbonyl (C=O) groups excluding carboxylic acids is 1. The highest BCUT2D eigenvalue weighted by atomic mass is 16.5. The first-order valence-corrected chi connectivity index (χ1v) is 8.89. The summed E-state index contributed by atoms with van der Waals surface area (Å²) in [7, 11) is 1.79. The molecule has 6 nitrogen and oxygen atoms in total. The molecule has 0 aliphatic heterocycles. The van der Waals surface area contributed by atoms with Gasteiger partial charge in [0.1, 0.15) is 11.5 Å². The summed E-state index contributed by atoms with van der Waals surface area (Å²) in [4.78, 5) is 18.4. The summed E-state index contributed by atoms with van der Waals surface area (Å²) in [6, 6.07) is 4.01. The smallest absolute Gasteiger partial charge is 0.227 e. The topological polar surface area (TPSA) is 72.4 Å². The first-order valence-electron chi connectivity index (χ1n) is 8.89. The molecule has 1 aliphatic carbocycles. The predicted octanol–water partition coefficient (Wildman–Crippen LogP) is 3.67. The first kappa shape index (κ1) is 17.7. The van der Waals surface area contributed by atoms with Crippen LogP contribution in [0.5, 0.6) is 0 Å². The van der Waals surface area contributed by atoms with Crippen molar-refractivity contribution in [2.75, 3.05) is 7.05 Å². The van der Waals surface area contributed by atoms with Gasteiger partial charge in [-0.1, -0.05) is 32.9 Å². The molecule has 1 amide bonds. The summed E-state index contributed by atoms with van der Waals surface area (Å²) >= 11 is 0. The van der Waals surface area contributed by atoms with Crippen molar-refractivity contribution < 1.29 is 13.7 Å². The predicted molar refractivity (Wildman–Crippen MR) is 93.0 cm³/mol. The molecule has 0 unspecified atom stereocenters. The zero-order chi connectivity index (χ0) is 18.2. The largest absolute Gasteiger partial charge is 0.464 e. The fourth-order valence-corrected chi connectivity index (χ4v) is 2.79. The molecular formula is C19H27N3O3. The highest BCUT2D eigenvalue weighted by molar-refractivity contribution is 5.75. The number of furan rings is 1. The molecule has 2 atom stereocenters. The zero-order valence-corrected chi connectivity index (χ0v) is 15.7. The average molecular weight is 345 g/mol. The van der Waals surface area contributed by atoms with E-state index in [9.17, 15) is 4.79 Å². The van der Waals surface area contributed by atoms with E-state index < -0.39 is 0 Å². The van der Waals surface area contributed by atoms with Crippen LogP contribution < -0.4 is 0 Å². The van der Waals surface area contributed by atoms with Gasteiger partial charge in [0, 0.05) is 31.2 Å². The number of nitrogens with zero attached hydrogens (tertiary/aromatic N) is 3. The molecule has 3 rings (SSSR count). The summed E-state index contributed by atoms with van der Waals surface area (Å²) in [5.41, 5.74) is -0.154. The minimum absolute atomic E-state index is 0.0354. The number of hydrogen-bond donors (Lipinski definition) is 0. The second-order valence-corrected chi connectivity index (χ2v) is 8.14. The van der Waals surface area contributed by atoms with E-state index in [1.807, 2.05) is 32.9 Å². The number of aromatic nitrogens is 2. The van der Waals surface area contributed by atoms with Crippen LogP contribution in [0.3, 0.4) is 0 Å². The highest BCUT2D eigenvalue weighted by Crippen LogP contribution is 2.47. The normalized spacial score (nSPS) is 19.9. The Morgan fingerprint density at radius 2 is 2.08 bits per heavy atom. The summed E-state index contributed by atoms with van der Waals surface area (Å²) in [5.74, 6) is 4.36. The maximum atomic E-state index is 12.3. The Morgan fingerprint density at radius 3 is 2.68 bits per heavy atom. The van der Waals surface area contributed by atoms with Gasteiger partial charge in [-0.25, -0.2) is 0 Å². The molecule has 0 bridgehead atoms. The van der Waals surface area contributed by atoms with Crippen LogP contribution in [0, 0.1) is 5.92 Å². The van der Waals surface area contributed by atoms with Crippen molar-refractivity contribution in [2.24, 2.45) is 5.92 Å². The number of amides is 1. The third-order valence-corrected chi connectivity index (χ3v) is 4.67. The lowest BCUT2D eigenvalue weighted by atomic mass is 9.96. The van der Waals surface area contributed by atoms with E-state index in [0.29, 0.717) is 42.9 Å². The van der Waals surface area contributed by atoms with E-state index in [1.165, 1.54) is 6.42 Å². The fraction of sp³-hybridized carbons (Fsp3) is 0.632. The number of carbonyl (C=O) groups is 1. The summed E-state index contributed by atoms with van der Waals surface area (Å²) in [5, 5.41) is 3.98. The van der Waals surface area contributed by atoms with Gasteiger partial charge in [-0.3, -0.25) is 4.79 Å². The molecule has 136 valence electrons. The third kappa shape index (κ3) is 4.30. The Hall–Kier alpha value is -2.11. The Kier molecular flexibility index (Phi) is 4.71.